The van der Waals surface area contributed by atoms with E-state index in [1.807, 2.05) is 67.7 Å². The van der Waals surface area contributed by atoms with Crippen molar-refractivity contribution in [2.24, 2.45) is 0 Å². The number of ketones is 1. The summed E-state index contributed by atoms with van der Waals surface area (Å²) < 4.78 is 5.50. The number of amides is 1. The molecule has 6 nitrogen and oxygen atoms in total. The maximum absolute atomic E-state index is 12.8. The summed E-state index contributed by atoms with van der Waals surface area (Å²) in [5.74, 6) is 0.920. The molecule has 2 N–H and O–H groups in total. The van der Waals surface area contributed by atoms with Gasteiger partial charge in [0.1, 0.15) is 11.6 Å². The van der Waals surface area contributed by atoms with Gasteiger partial charge in [-0.3, -0.25) is 9.59 Å². The first kappa shape index (κ1) is 23.1. The molecule has 0 aliphatic carbocycles. The fourth-order valence-electron chi connectivity index (χ4n) is 4.17. The van der Waals surface area contributed by atoms with Crippen LogP contribution in [-0.4, -0.2) is 30.3 Å². The average molecular weight is 476 g/mol. The lowest BCUT2D eigenvalue weighted by Gasteiger charge is -2.11. The third kappa shape index (κ3) is 5.21. The summed E-state index contributed by atoms with van der Waals surface area (Å²) in [5.41, 5.74) is 6.00. The fourth-order valence-corrected chi connectivity index (χ4v) is 4.17. The molecule has 0 saturated heterocycles. The van der Waals surface area contributed by atoms with Gasteiger partial charge in [-0.2, -0.15) is 0 Å². The molecule has 3 aromatic carbocycles. The van der Waals surface area contributed by atoms with E-state index in [1.165, 1.54) is 0 Å². The number of pyridine rings is 1. The van der Waals surface area contributed by atoms with Crippen LogP contribution in [0.25, 0.3) is 22.4 Å². The van der Waals surface area contributed by atoms with E-state index >= 15 is 0 Å². The number of hydrogen-bond donors (Lipinski definition) is 2. The van der Waals surface area contributed by atoms with E-state index in [0.717, 1.165) is 40.1 Å². The monoisotopic (exact) mass is 475 g/mol. The number of benzene rings is 2. The first-order valence-corrected chi connectivity index (χ1v) is 11.9. The van der Waals surface area contributed by atoms with E-state index in [4.69, 9.17) is 4.74 Å². The number of fused-ring (bicyclic) bond motifs is 1. The Morgan fingerprint density at radius 1 is 1.00 bits per heavy atom. The maximum Gasteiger partial charge on any atom is 0.225 e. The van der Waals surface area contributed by atoms with Crippen molar-refractivity contribution < 1.29 is 14.3 Å². The van der Waals surface area contributed by atoms with Crippen molar-refractivity contribution in [1.29, 1.82) is 0 Å². The number of hydrogen-bond acceptors (Lipinski definition) is 5. The van der Waals surface area contributed by atoms with Gasteiger partial charge in [-0.25, -0.2) is 4.98 Å². The standard InChI is InChI=1S/C30H25N3O3/c1-31-25-10-7-20(8-11-25)24-18-26(21-5-3-2-4-6-21)32-29(19-24)33-30(35)14-12-27(34)22-9-13-28-23(17-22)15-16-36-28/h2-3,5,7-11,13,17-19,31H,12,14-16H2,1H3,(H,32,33,35). The van der Waals surface area contributed by atoms with Crippen LogP contribution in [-0.2, 0) is 11.2 Å². The molecule has 0 fully saturated rings. The van der Waals surface area contributed by atoms with E-state index in [9.17, 15) is 9.59 Å². The van der Waals surface area contributed by atoms with Crippen molar-refractivity contribution in [2.75, 3.05) is 24.3 Å². The zero-order valence-corrected chi connectivity index (χ0v) is 19.9. The summed E-state index contributed by atoms with van der Waals surface area (Å²) >= 11 is 0. The summed E-state index contributed by atoms with van der Waals surface area (Å²) in [5, 5.41) is 5.99. The van der Waals surface area contributed by atoms with Crippen molar-refractivity contribution >= 4 is 23.2 Å². The molecule has 6 heteroatoms. The SMILES string of the molecule is CNc1ccc(-c2cc(NC(=O)CCC(=O)c3ccc4c(c3)CCO4)nc(-c3c#cccc3)c2)cc1. The van der Waals surface area contributed by atoms with Crippen LogP contribution < -0.4 is 15.4 Å². The Balaban J connectivity index is 1.33. The Morgan fingerprint density at radius 2 is 1.86 bits per heavy atom. The third-order valence-corrected chi connectivity index (χ3v) is 6.12. The number of rotatable bonds is 8. The first-order chi connectivity index (χ1) is 17.6. The van der Waals surface area contributed by atoms with Gasteiger partial charge in [0.2, 0.25) is 5.91 Å². The number of ether oxygens (including phenoxy) is 1. The van der Waals surface area contributed by atoms with Crippen LogP contribution in [0.1, 0.15) is 28.8 Å². The van der Waals surface area contributed by atoms with Crippen LogP contribution in [0.3, 0.4) is 0 Å². The molecule has 0 unspecified atom stereocenters. The molecule has 4 aromatic rings. The highest BCUT2D eigenvalue weighted by Crippen LogP contribution is 2.29. The molecule has 0 radical (unpaired) electrons. The van der Waals surface area contributed by atoms with Crippen LogP contribution in [0, 0.1) is 12.1 Å². The van der Waals surface area contributed by atoms with E-state index in [-0.39, 0.29) is 24.5 Å². The quantitative estimate of drug-likeness (QED) is 0.325. The fraction of sp³-hybridized carbons (Fsp3) is 0.167. The zero-order valence-electron chi connectivity index (χ0n) is 19.9. The first-order valence-electron chi connectivity index (χ1n) is 11.9. The predicted octanol–water partition coefficient (Wildman–Crippen LogP) is 5.59. The minimum Gasteiger partial charge on any atom is -0.493 e. The topological polar surface area (TPSA) is 80.3 Å². The lowest BCUT2D eigenvalue weighted by atomic mass is 10.0. The van der Waals surface area contributed by atoms with Gasteiger partial charge in [-0.05, 0) is 71.3 Å². The van der Waals surface area contributed by atoms with Gasteiger partial charge in [0.15, 0.2) is 5.78 Å². The number of anilines is 2. The molecule has 1 aliphatic rings. The van der Waals surface area contributed by atoms with Crippen LogP contribution in [0.5, 0.6) is 5.75 Å². The van der Waals surface area contributed by atoms with Gasteiger partial charge < -0.3 is 15.4 Å². The third-order valence-electron chi connectivity index (χ3n) is 6.12. The molecule has 0 spiro atoms. The van der Waals surface area contributed by atoms with Gasteiger partial charge in [-0.1, -0.05) is 30.3 Å². The molecule has 5 rings (SSSR count). The van der Waals surface area contributed by atoms with Crippen LogP contribution in [0.2, 0.25) is 0 Å². The lowest BCUT2D eigenvalue weighted by Crippen LogP contribution is -2.14. The largest absolute Gasteiger partial charge is 0.493 e. The number of nitrogens with zero attached hydrogens (tertiary/aromatic N) is 1. The molecule has 36 heavy (non-hydrogen) atoms. The average Bonchev–Trinajstić information content (AvgIpc) is 3.40. The maximum atomic E-state index is 12.8. The normalized spacial score (nSPS) is 11.7. The summed E-state index contributed by atoms with van der Waals surface area (Å²) in [6, 6.07) is 28.8. The number of carbonyl (C=O) groups excluding carboxylic acids is 2. The Kier molecular flexibility index (Phi) is 6.63. The molecular weight excluding hydrogens is 450 g/mol. The number of nitrogens with one attached hydrogen (secondary N) is 2. The Morgan fingerprint density at radius 3 is 2.64 bits per heavy atom. The van der Waals surface area contributed by atoms with Gasteiger partial charge >= 0.3 is 0 Å². The molecule has 0 saturated carbocycles. The van der Waals surface area contributed by atoms with Crippen LogP contribution >= 0.6 is 0 Å². The highest BCUT2D eigenvalue weighted by atomic mass is 16.5. The Labute approximate surface area is 210 Å². The van der Waals surface area contributed by atoms with E-state index < -0.39 is 0 Å². The molecule has 0 atom stereocenters. The van der Waals surface area contributed by atoms with Crippen LogP contribution in [0.4, 0.5) is 11.5 Å². The summed E-state index contributed by atoms with van der Waals surface area (Å²) in [6.45, 7) is 0.641. The summed E-state index contributed by atoms with van der Waals surface area (Å²) in [4.78, 5) is 30.1. The van der Waals surface area contributed by atoms with Crippen molar-refractivity contribution in [3.05, 3.63) is 96.1 Å². The minimum atomic E-state index is -0.266. The molecule has 2 heterocycles. The molecule has 178 valence electrons. The number of carbonyl (C=O) groups is 2. The lowest BCUT2D eigenvalue weighted by molar-refractivity contribution is -0.116. The second-order valence-electron chi connectivity index (χ2n) is 8.55. The summed E-state index contributed by atoms with van der Waals surface area (Å²) in [7, 11) is 1.87. The predicted molar refractivity (Wildman–Crippen MR) is 140 cm³/mol. The Bertz CT molecular complexity index is 1400. The van der Waals surface area contributed by atoms with Gasteiger partial charge in [0, 0.05) is 37.6 Å². The van der Waals surface area contributed by atoms with Crippen LogP contribution in [0.15, 0.2) is 72.8 Å². The van der Waals surface area contributed by atoms with Crippen molar-refractivity contribution in [3.8, 4) is 28.1 Å². The molecule has 0 bridgehead atoms. The number of aromatic nitrogens is 1. The van der Waals surface area contributed by atoms with Gasteiger partial charge in [0.05, 0.1) is 17.9 Å². The number of Topliss-reactive ketones (excluding diaryl/α,β-unsaturated/α-hetero) is 1. The van der Waals surface area contributed by atoms with Crippen molar-refractivity contribution in [2.45, 2.75) is 19.3 Å². The second kappa shape index (κ2) is 10.3. The Hall–Kier alpha value is -4.63. The van der Waals surface area contributed by atoms with Gasteiger partial charge in [-0.15, -0.1) is 0 Å². The molecular formula is C30H25N3O3. The highest BCUT2D eigenvalue weighted by molar-refractivity contribution is 6.00. The molecule has 1 aliphatic heterocycles. The van der Waals surface area contributed by atoms with E-state index in [0.29, 0.717) is 23.7 Å². The molecule has 1 aromatic heterocycles. The highest BCUT2D eigenvalue weighted by Gasteiger charge is 2.16. The minimum absolute atomic E-state index is 0.0652. The van der Waals surface area contributed by atoms with E-state index in [2.05, 4.69) is 27.8 Å². The second-order valence-corrected chi connectivity index (χ2v) is 8.55. The molecule has 1 amide bonds. The smallest absolute Gasteiger partial charge is 0.225 e. The van der Waals surface area contributed by atoms with Gasteiger partial charge in [0.25, 0.3) is 0 Å². The summed E-state index contributed by atoms with van der Waals surface area (Å²) in [6.07, 6.45) is 0.982. The van der Waals surface area contributed by atoms with E-state index in [1.54, 1.807) is 12.1 Å². The van der Waals surface area contributed by atoms with Crippen molar-refractivity contribution in [1.82, 2.24) is 4.98 Å². The zero-order chi connectivity index (χ0) is 24.9. The van der Waals surface area contributed by atoms with Crippen molar-refractivity contribution in [3.63, 3.8) is 0 Å².